The Morgan fingerprint density at radius 1 is 1.08 bits per heavy atom. The van der Waals surface area contributed by atoms with E-state index in [0.29, 0.717) is 11.6 Å². The van der Waals surface area contributed by atoms with Gasteiger partial charge in [0.15, 0.2) is 6.61 Å². The number of para-hydroxylation sites is 1. The topological polar surface area (TPSA) is 80.3 Å². The third-order valence-corrected chi connectivity index (χ3v) is 3.31. The number of rotatable bonds is 7. The average Bonchev–Trinajstić information content (AvgIpc) is 2.56. The Kier molecular flexibility index (Phi) is 6.31. The fourth-order valence-corrected chi connectivity index (χ4v) is 1.98. The molecule has 2 amide bonds. The summed E-state index contributed by atoms with van der Waals surface area (Å²) in [5.74, 6) is 0.710. The van der Waals surface area contributed by atoms with Gasteiger partial charge in [-0.3, -0.25) is 9.59 Å². The molecule has 1 heterocycles. The van der Waals surface area contributed by atoms with Gasteiger partial charge in [-0.05, 0) is 37.1 Å². The first-order chi connectivity index (χ1) is 11.5. The van der Waals surface area contributed by atoms with E-state index in [2.05, 4.69) is 15.6 Å². The van der Waals surface area contributed by atoms with Gasteiger partial charge < -0.3 is 15.4 Å². The van der Waals surface area contributed by atoms with Crippen molar-refractivity contribution >= 4 is 17.6 Å². The van der Waals surface area contributed by atoms with Crippen molar-refractivity contribution < 1.29 is 14.3 Å². The van der Waals surface area contributed by atoms with Crippen LogP contribution in [0.25, 0.3) is 0 Å². The van der Waals surface area contributed by atoms with Gasteiger partial charge in [-0.1, -0.05) is 24.3 Å². The third-order valence-electron chi connectivity index (χ3n) is 3.31. The summed E-state index contributed by atoms with van der Waals surface area (Å²) < 4.78 is 5.44. The summed E-state index contributed by atoms with van der Waals surface area (Å²) in [5.41, 5.74) is 1.99. The van der Waals surface area contributed by atoms with E-state index in [1.807, 2.05) is 44.2 Å². The number of aryl methyl sites for hydroxylation is 2. The zero-order valence-electron chi connectivity index (χ0n) is 13.8. The van der Waals surface area contributed by atoms with E-state index >= 15 is 0 Å². The van der Waals surface area contributed by atoms with Gasteiger partial charge in [0.05, 0.1) is 0 Å². The fraction of sp³-hybridized carbons (Fsp3) is 0.278. The van der Waals surface area contributed by atoms with Crippen LogP contribution in [0.4, 0.5) is 5.82 Å². The molecule has 24 heavy (non-hydrogen) atoms. The van der Waals surface area contributed by atoms with Crippen molar-refractivity contribution in [1.82, 2.24) is 10.3 Å². The van der Waals surface area contributed by atoms with Crippen LogP contribution in [0.1, 0.15) is 17.5 Å². The smallest absolute Gasteiger partial charge is 0.257 e. The van der Waals surface area contributed by atoms with Gasteiger partial charge in [0.1, 0.15) is 11.6 Å². The van der Waals surface area contributed by atoms with E-state index in [1.165, 1.54) is 0 Å². The number of ether oxygens (including phenoxy) is 1. The monoisotopic (exact) mass is 327 g/mol. The first-order valence-corrected chi connectivity index (χ1v) is 7.72. The summed E-state index contributed by atoms with van der Waals surface area (Å²) in [5, 5.41) is 5.33. The Bertz CT molecular complexity index is 699. The van der Waals surface area contributed by atoms with Gasteiger partial charge in [-0.2, -0.15) is 0 Å². The van der Waals surface area contributed by atoms with Crippen LogP contribution in [0.3, 0.4) is 0 Å². The van der Waals surface area contributed by atoms with Crippen molar-refractivity contribution in [3.8, 4) is 5.75 Å². The predicted molar refractivity (Wildman–Crippen MR) is 91.9 cm³/mol. The number of hydrogen-bond acceptors (Lipinski definition) is 4. The highest BCUT2D eigenvalue weighted by Gasteiger charge is 2.07. The molecule has 6 heteroatoms. The largest absolute Gasteiger partial charge is 0.484 e. The first kappa shape index (κ1) is 17.5. The minimum absolute atomic E-state index is 0.0774. The predicted octanol–water partition coefficient (Wildman–Crippen LogP) is 2.22. The summed E-state index contributed by atoms with van der Waals surface area (Å²) in [4.78, 5) is 27.6. The second-order valence-electron chi connectivity index (χ2n) is 5.42. The van der Waals surface area contributed by atoms with Gasteiger partial charge in [-0.15, -0.1) is 0 Å². The Morgan fingerprint density at radius 2 is 1.88 bits per heavy atom. The molecule has 1 aromatic carbocycles. The van der Waals surface area contributed by atoms with Crippen LogP contribution < -0.4 is 15.4 Å². The van der Waals surface area contributed by atoms with Gasteiger partial charge >= 0.3 is 0 Å². The lowest BCUT2D eigenvalue weighted by Gasteiger charge is -2.09. The molecule has 0 fully saturated rings. The van der Waals surface area contributed by atoms with Gasteiger partial charge in [0.25, 0.3) is 5.91 Å². The number of benzene rings is 1. The highest BCUT2D eigenvalue weighted by Crippen LogP contribution is 2.15. The maximum absolute atomic E-state index is 11.8. The van der Waals surface area contributed by atoms with Crippen LogP contribution in [0, 0.1) is 13.8 Å². The zero-order valence-corrected chi connectivity index (χ0v) is 13.8. The molecule has 126 valence electrons. The highest BCUT2D eigenvalue weighted by molar-refractivity contribution is 5.90. The van der Waals surface area contributed by atoms with Gasteiger partial charge in [-0.25, -0.2) is 4.98 Å². The normalized spacial score (nSPS) is 10.1. The molecule has 0 aliphatic rings. The van der Waals surface area contributed by atoms with Crippen molar-refractivity contribution in [2.75, 3.05) is 18.5 Å². The molecule has 1 aromatic heterocycles. The standard InChI is InChI=1S/C18H21N3O3/c1-13-7-8-16(20-11-13)21-17(22)9-10-19-18(23)12-24-15-6-4-3-5-14(15)2/h3-8,11H,9-10,12H2,1-2H3,(H,19,23)(H,20,21,22). The number of amides is 2. The molecule has 0 radical (unpaired) electrons. The molecule has 6 nitrogen and oxygen atoms in total. The summed E-state index contributed by atoms with van der Waals surface area (Å²) in [6, 6.07) is 11.1. The van der Waals surface area contributed by atoms with E-state index < -0.39 is 0 Å². The van der Waals surface area contributed by atoms with Crippen molar-refractivity contribution in [2.24, 2.45) is 0 Å². The summed E-state index contributed by atoms with van der Waals surface area (Å²) >= 11 is 0. The number of aromatic nitrogens is 1. The van der Waals surface area contributed by atoms with Gasteiger partial charge in [0.2, 0.25) is 5.91 Å². The minimum Gasteiger partial charge on any atom is -0.484 e. The second kappa shape index (κ2) is 8.67. The number of hydrogen-bond donors (Lipinski definition) is 2. The van der Waals surface area contributed by atoms with Crippen LogP contribution in [0.5, 0.6) is 5.75 Å². The van der Waals surface area contributed by atoms with E-state index in [9.17, 15) is 9.59 Å². The van der Waals surface area contributed by atoms with Crippen LogP contribution in [-0.4, -0.2) is 29.9 Å². The lowest BCUT2D eigenvalue weighted by molar-refractivity contribution is -0.123. The van der Waals surface area contributed by atoms with Crippen molar-refractivity contribution in [3.63, 3.8) is 0 Å². The molecule has 0 aliphatic carbocycles. The molecule has 0 aliphatic heterocycles. The van der Waals surface area contributed by atoms with E-state index in [-0.39, 0.29) is 31.4 Å². The highest BCUT2D eigenvalue weighted by atomic mass is 16.5. The molecule has 2 rings (SSSR count). The molecule has 0 saturated heterocycles. The lowest BCUT2D eigenvalue weighted by atomic mass is 10.2. The molecule has 0 spiro atoms. The Hall–Kier alpha value is -2.89. The quantitative estimate of drug-likeness (QED) is 0.817. The van der Waals surface area contributed by atoms with Crippen LogP contribution in [-0.2, 0) is 9.59 Å². The number of carbonyl (C=O) groups excluding carboxylic acids is 2. The number of nitrogens with one attached hydrogen (secondary N) is 2. The molecule has 0 atom stereocenters. The number of pyridine rings is 1. The summed E-state index contributed by atoms with van der Waals surface area (Å²) in [7, 11) is 0. The first-order valence-electron chi connectivity index (χ1n) is 7.72. The fourth-order valence-electron chi connectivity index (χ4n) is 1.98. The van der Waals surface area contributed by atoms with Crippen molar-refractivity contribution in [2.45, 2.75) is 20.3 Å². The Morgan fingerprint density at radius 3 is 2.58 bits per heavy atom. The van der Waals surface area contributed by atoms with Crippen LogP contribution >= 0.6 is 0 Å². The van der Waals surface area contributed by atoms with Crippen LogP contribution in [0.2, 0.25) is 0 Å². The molecule has 0 bridgehead atoms. The summed E-state index contributed by atoms with van der Waals surface area (Å²) in [6.07, 6.45) is 1.85. The molecular weight excluding hydrogens is 306 g/mol. The van der Waals surface area contributed by atoms with Crippen molar-refractivity contribution in [1.29, 1.82) is 0 Å². The third kappa shape index (κ3) is 5.72. The number of carbonyl (C=O) groups is 2. The molecule has 2 aromatic rings. The number of nitrogens with zero attached hydrogens (tertiary/aromatic N) is 1. The van der Waals surface area contributed by atoms with E-state index in [4.69, 9.17) is 4.74 Å². The zero-order chi connectivity index (χ0) is 17.4. The number of anilines is 1. The second-order valence-corrected chi connectivity index (χ2v) is 5.42. The van der Waals surface area contributed by atoms with Gasteiger partial charge in [0, 0.05) is 19.2 Å². The van der Waals surface area contributed by atoms with E-state index in [1.54, 1.807) is 12.3 Å². The molecular formula is C18H21N3O3. The van der Waals surface area contributed by atoms with Crippen LogP contribution in [0.15, 0.2) is 42.6 Å². The average molecular weight is 327 g/mol. The Balaban J connectivity index is 1.66. The van der Waals surface area contributed by atoms with Crippen molar-refractivity contribution in [3.05, 3.63) is 53.7 Å². The maximum atomic E-state index is 11.8. The SMILES string of the molecule is Cc1ccc(NC(=O)CCNC(=O)COc2ccccc2C)nc1. The van der Waals surface area contributed by atoms with E-state index in [0.717, 1.165) is 11.1 Å². The Labute approximate surface area is 141 Å². The molecule has 0 unspecified atom stereocenters. The summed E-state index contributed by atoms with van der Waals surface area (Å²) in [6.45, 7) is 4.00. The molecule has 2 N–H and O–H groups in total. The maximum Gasteiger partial charge on any atom is 0.257 e. The molecule has 0 saturated carbocycles. The minimum atomic E-state index is -0.264. The lowest BCUT2D eigenvalue weighted by Crippen LogP contribution is -2.31.